The van der Waals surface area contributed by atoms with Crippen LogP contribution in [0.1, 0.15) is 34.7 Å². The number of benzene rings is 2. The monoisotopic (exact) mass is 328 g/mol. The first-order valence-electron chi connectivity index (χ1n) is 8.01. The molecule has 2 aromatic carbocycles. The molecule has 0 aliphatic carbocycles. The van der Waals surface area contributed by atoms with Crippen molar-refractivity contribution >= 4 is 23.1 Å². The maximum Gasteiger partial charge on any atom is 0.172 e. The fourth-order valence-electron chi connectivity index (χ4n) is 3.37. The minimum atomic E-state index is -0.153. The van der Waals surface area contributed by atoms with E-state index in [1.54, 1.807) is 18.2 Å². The highest BCUT2D eigenvalue weighted by molar-refractivity contribution is 6.34. The summed E-state index contributed by atoms with van der Waals surface area (Å²) in [7, 11) is 0. The molecule has 3 nitrogen and oxygen atoms in total. The largest absolute Gasteiger partial charge is 0.399 e. The van der Waals surface area contributed by atoms with Crippen molar-refractivity contribution in [2.45, 2.75) is 18.8 Å². The molecule has 1 aliphatic heterocycles. The van der Waals surface area contributed by atoms with Crippen LogP contribution in [0.4, 0.5) is 5.69 Å². The highest BCUT2D eigenvalue weighted by Crippen LogP contribution is 2.35. The summed E-state index contributed by atoms with van der Waals surface area (Å²) in [5.41, 5.74) is 7.96. The number of anilines is 1. The minimum absolute atomic E-state index is 0.0908. The van der Waals surface area contributed by atoms with Gasteiger partial charge in [-0.2, -0.15) is 0 Å². The Morgan fingerprint density at radius 2 is 1.83 bits per heavy atom. The van der Waals surface area contributed by atoms with Gasteiger partial charge in [0, 0.05) is 11.3 Å². The summed E-state index contributed by atoms with van der Waals surface area (Å²) >= 11 is 6.28. The van der Waals surface area contributed by atoms with E-state index in [4.69, 9.17) is 17.3 Å². The SMILES string of the molecule is Nc1ccc(C(=O)C(c2ccccc2)C2CCNCC2)c(Cl)c1. The van der Waals surface area contributed by atoms with E-state index in [0.717, 1.165) is 31.5 Å². The Hall–Kier alpha value is -1.84. The molecule has 120 valence electrons. The van der Waals surface area contributed by atoms with E-state index in [0.29, 0.717) is 22.2 Å². The van der Waals surface area contributed by atoms with Gasteiger partial charge in [-0.15, -0.1) is 0 Å². The van der Waals surface area contributed by atoms with Gasteiger partial charge >= 0.3 is 0 Å². The number of piperidine rings is 1. The molecule has 1 unspecified atom stereocenters. The molecular weight excluding hydrogens is 308 g/mol. The lowest BCUT2D eigenvalue weighted by Gasteiger charge is -2.30. The summed E-state index contributed by atoms with van der Waals surface area (Å²) in [4.78, 5) is 13.2. The van der Waals surface area contributed by atoms with Crippen molar-refractivity contribution in [3.8, 4) is 0 Å². The maximum absolute atomic E-state index is 13.2. The number of nitrogens with one attached hydrogen (secondary N) is 1. The van der Waals surface area contributed by atoms with Crippen LogP contribution in [-0.2, 0) is 0 Å². The van der Waals surface area contributed by atoms with Gasteiger partial charge in [0.15, 0.2) is 5.78 Å². The Morgan fingerprint density at radius 3 is 2.48 bits per heavy atom. The Morgan fingerprint density at radius 1 is 1.13 bits per heavy atom. The van der Waals surface area contributed by atoms with Crippen molar-refractivity contribution in [1.29, 1.82) is 0 Å². The zero-order valence-electron chi connectivity index (χ0n) is 13.0. The molecule has 1 fully saturated rings. The lowest BCUT2D eigenvalue weighted by molar-refractivity contribution is 0.0916. The summed E-state index contributed by atoms with van der Waals surface area (Å²) in [5.74, 6) is 0.271. The van der Waals surface area contributed by atoms with Gasteiger partial charge < -0.3 is 11.1 Å². The maximum atomic E-state index is 13.2. The number of nitrogens with two attached hydrogens (primary N) is 1. The summed E-state index contributed by atoms with van der Waals surface area (Å²) in [6, 6.07) is 15.2. The molecule has 0 spiro atoms. The van der Waals surface area contributed by atoms with Crippen LogP contribution in [0.15, 0.2) is 48.5 Å². The van der Waals surface area contributed by atoms with Gasteiger partial charge in [-0.05, 0) is 55.6 Å². The summed E-state index contributed by atoms with van der Waals surface area (Å²) < 4.78 is 0. The molecule has 0 radical (unpaired) electrons. The van der Waals surface area contributed by atoms with E-state index in [1.807, 2.05) is 30.3 Å². The van der Waals surface area contributed by atoms with Crippen LogP contribution in [0.5, 0.6) is 0 Å². The molecule has 3 rings (SSSR count). The average Bonchev–Trinajstić information content (AvgIpc) is 2.57. The number of rotatable bonds is 4. The fraction of sp³-hybridized carbons (Fsp3) is 0.316. The summed E-state index contributed by atoms with van der Waals surface area (Å²) in [6.45, 7) is 1.91. The van der Waals surface area contributed by atoms with Gasteiger partial charge in [0.1, 0.15) is 0 Å². The molecule has 3 N–H and O–H groups in total. The molecule has 0 bridgehead atoms. The Balaban J connectivity index is 1.98. The molecule has 0 saturated carbocycles. The van der Waals surface area contributed by atoms with Crippen LogP contribution in [0.25, 0.3) is 0 Å². The van der Waals surface area contributed by atoms with Gasteiger partial charge in [0.2, 0.25) is 0 Å². The quantitative estimate of drug-likeness (QED) is 0.661. The predicted octanol–water partition coefficient (Wildman–Crippen LogP) is 3.89. The number of carbonyl (C=O) groups excluding carboxylic acids is 1. The van der Waals surface area contributed by atoms with Crippen molar-refractivity contribution in [1.82, 2.24) is 5.32 Å². The molecule has 1 aliphatic rings. The third-order valence-corrected chi connectivity index (χ3v) is 4.87. The van der Waals surface area contributed by atoms with Crippen molar-refractivity contribution in [3.63, 3.8) is 0 Å². The van der Waals surface area contributed by atoms with Crippen LogP contribution in [0, 0.1) is 5.92 Å². The lowest BCUT2D eigenvalue weighted by Crippen LogP contribution is -2.33. The second kappa shape index (κ2) is 7.16. The fourth-order valence-corrected chi connectivity index (χ4v) is 3.66. The molecule has 0 aromatic heterocycles. The standard InChI is InChI=1S/C19H21ClN2O/c20-17-12-15(21)6-7-16(17)19(23)18(13-4-2-1-3-5-13)14-8-10-22-11-9-14/h1-7,12,14,18,22H,8-11,21H2. The number of carbonyl (C=O) groups is 1. The van der Waals surface area contributed by atoms with Gasteiger partial charge in [-0.1, -0.05) is 41.9 Å². The van der Waals surface area contributed by atoms with E-state index in [9.17, 15) is 4.79 Å². The first kappa shape index (κ1) is 16.0. The highest BCUT2D eigenvalue weighted by atomic mass is 35.5. The summed E-state index contributed by atoms with van der Waals surface area (Å²) in [6.07, 6.45) is 2.00. The van der Waals surface area contributed by atoms with E-state index >= 15 is 0 Å². The smallest absolute Gasteiger partial charge is 0.172 e. The zero-order chi connectivity index (χ0) is 16.2. The number of hydrogen-bond acceptors (Lipinski definition) is 3. The van der Waals surface area contributed by atoms with Crippen molar-refractivity contribution in [3.05, 3.63) is 64.7 Å². The van der Waals surface area contributed by atoms with Crippen LogP contribution in [-0.4, -0.2) is 18.9 Å². The van der Waals surface area contributed by atoms with Gasteiger partial charge in [-0.3, -0.25) is 4.79 Å². The molecule has 23 heavy (non-hydrogen) atoms. The number of ketones is 1. The van der Waals surface area contributed by atoms with E-state index in [2.05, 4.69) is 5.32 Å². The zero-order valence-corrected chi connectivity index (χ0v) is 13.7. The third-order valence-electron chi connectivity index (χ3n) is 4.55. The average molecular weight is 329 g/mol. The minimum Gasteiger partial charge on any atom is -0.399 e. The molecule has 1 saturated heterocycles. The van der Waals surface area contributed by atoms with Crippen LogP contribution >= 0.6 is 11.6 Å². The van der Waals surface area contributed by atoms with Crippen molar-refractivity contribution < 1.29 is 4.79 Å². The molecular formula is C19H21ClN2O. The Kier molecular flexibility index (Phi) is 4.99. The van der Waals surface area contributed by atoms with Crippen LogP contribution < -0.4 is 11.1 Å². The van der Waals surface area contributed by atoms with Gasteiger partial charge in [0.05, 0.1) is 10.9 Å². The normalized spacial score (nSPS) is 16.9. The lowest BCUT2D eigenvalue weighted by atomic mass is 9.76. The summed E-state index contributed by atoms with van der Waals surface area (Å²) in [5, 5.41) is 3.80. The first-order chi connectivity index (χ1) is 11.2. The van der Waals surface area contributed by atoms with Crippen molar-refractivity contribution in [2.24, 2.45) is 5.92 Å². The van der Waals surface area contributed by atoms with E-state index < -0.39 is 0 Å². The number of Topliss-reactive ketones (excluding diaryl/α,β-unsaturated/α-hetero) is 1. The molecule has 1 heterocycles. The van der Waals surface area contributed by atoms with Crippen LogP contribution in [0.3, 0.4) is 0 Å². The highest BCUT2D eigenvalue weighted by Gasteiger charge is 2.32. The molecule has 4 heteroatoms. The van der Waals surface area contributed by atoms with Gasteiger partial charge in [0.25, 0.3) is 0 Å². The van der Waals surface area contributed by atoms with E-state index in [-0.39, 0.29) is 11.7 Å². The molecule has 2 aromatic rings. The second-order valence-corrected chi connectivity index (χ2v) is 6.49. The van der Waals surface area contributed by atoms with Gasteiger partial charge in [-0.25, -0.2) is 0 Å². The first-order valence-corrected chi connectivity index (χ1v) is 8.39. The number of nitrogen functional groups attached to an aromatic ring is 1. The Labute approximate surface area is 141 Å². The third kappa shape index (κ3) is 3.57. The number of halogens is 1. The number of hydrogen-bond donors (Lipinski definition) is 2. The van der Waals surface area contributed by atoms with Crippen LogP contribution in [0.2, 0.25) is 5.02 Å². The second-order valence-electron chi connectivity index (χ2n) is 6.08. The van der Waals surface area contributed by atoms with Crippen molar-refractivity contribution in [2.75, 3.05) is 18.8 Å². The van der Waals surface area contributed by atoms with E-state index in [1.165, 1.54) is 0 Å². The topological polar surface area (TPSA) is 55.1 Å². The predicted molar refractivity (Wildman–Crippen MR) is 95.0 cm³/mol. The molecule has 0 amide bonds. The Bertz CT molecular complexity index is 681. The molecule has 1 atom stereocenters.